The topological polar surface area (TPSA) is 35.5 Å². The molecule has 0 amide bonds. The molecule has 0 aromatic heterocycles. The number of nitrogens with one attached hydrogen (secondary N) is 1. The molecular formula is C13H30N2O. The van der Waals surface area contributed by atoms with Crippen LogP contribution in [-0.4, -0.2) is 48.8 Å². The van der Waals surface area contributed by atoms with Gasteiger partial charge in [0, 0.05) is 13.1 Å². The number of aliphatic hydroxyl groups excluding tert-OH is 1. The summed E-state index contributed by atoms with van der Waals surface area (Å²) in [6.07, 6.45) is 4.70. The van der Waals surface area contributed by atoms with Gasteiger partial charge in [0.15, 0.2) is 0 Å². The van der Waals surface area contributed by atoms with E-state index in [0.717, 1.165) is 26.2 Å². The molecule has 0 aromatic carbocycles. The zero-order chi connectivity index (χ0) is 12.2. The predicted octanol–water partition coefficient (Wildman–Crippen LogP) is 1.86. The molecule has 0 radical (unpaired) electrons. The molecule has 0 aliphatic rings. The average molecular weight is 230 g/mol. The van der Waals surface area contributed by atoms with E-state index in [4.69, 9.17) is 0 Å². The molecule has 0 aliphatic carbocycles. The molecule has 1 unspecified atom stereocenters. The second-order valence-electron chi connectivity index (χ2n) is 4.47. The molecule has 0 aromatic rings. The summed E-state index contributed by atoms with van der Waals surface area (Å²) in [5.74, 6) is 0. The van der Waals surface area contributed by atoms with Gasteiger partial charge in [0.25, 0.3) is 0 Å². The van der Waals surface area contributed by atoms with Crippen molar-refractivity contribution >= 4 is 0 Å². The van der Waals surface area contributed by atoms with Crippen molar-refractivity contribution in [3.63, 3.8) is 0 Å². The van der Waals surface area contributed by atoms with E-state index in [9.17, 15) is 5.11 Å². The van der Waals surface area contributed by atoms with E-state index in [2.05, 4.69) is 31.0 Å². The fourth-order valence-electron chi connectivity index (χ4n) is 1.73. The van der Waals surface area contributed by atoms with Gasteiger partial charge in [-0.15, -0.1) is 0 Å². The van der Waals surface area contributed by atoms with Crippen LogP contribution in [0.1, 0.15) is 46.5 Å². The number of nitrogens with zero attached hydrogens (tertiary/aromatic N) is 1. The molecule has 98 valence electrons. The van der Waals surface area contributed by atoms with E-state index < -0.39 is 0 Å². The van der Waals surface area contributed by atoms with Crippen molar-refractivity contribution in [2.24, 2.45) is 0 Å². The Kier molecular flexibility index (Phi) is 11.3. The molecule has 0 saturated heterocycles. The Labute approximate surface area is 101 Å². The normalized spacial score (nSPS) is 13.3. The van der Waals surface area contributed by atoms with Crippen molar-refractivity contribution < 1.29 is 5.11 Å². The van der Waals surface area contributed by atoms with Crippen LogP contribution in [0.5, 0.6) is 0 Å². The Morgan fingerprint density at radius 1 is 1.06 bits per heavy atom. The molecule has 1 atom stereocenters. The smallest absolute Gasteiger partial charge is 0.0791 e. The predicted molar refractivity (Wildman–Crippen MR) is 70.8 cm³/mol. The van der Waals surface area contributed by atoms with Crippen LogP contribution in [0.3, 0.4) is 0 Å². The second-order valence-corrected chi connectivity index (χ2v) is 4.47. The summed E-state index contributed by atoms with van der Waals surface area (Å²) in [6.45, 7) is 11.2. The Balaban J connectivity index is 3.78. The first-order chi connectivity index (χ1) is 7.74. The monoisotopic (exact) mass is 230 g/mol. The summed E-state index contributed by atoms with van der Waals surface area (Å²) in [5, 5.41) is 13.0. The Morgan fingerprint density at radius 3 is 2.06 bits per heavy atom. The van der Waals surface area contributed by atoms with Crippen LogP contribution >= 0.6 is 0 Å². The van der Waals surface area contributed by atoms with Gasteiger partial charge in [-0.1, -0.05) is 33.6 Å². The zero-order valence-corrected chi connectivity index (χ0v) is 11.3. The molecule has 3 nitrogen and oxygen atoms in total. The third-order valence-corrected chi connectivity index (χ3v) is 2.75. The first-order valence-electron chi connectivity index (χ1n) is 6.85. The molecule has 16 heavy (non-hydrogen) atoms. The standard InChI is InChI=1S/C13H30N2O/c1-4-7-9-15(10-8-5-2)12-13(16)11-14-6-3/h13-14,16H,4-12H2,1-3H3. The van der Waals surface area contributed by atoms with Crippen molar-refractivity contribution in [2.45, 2.75) is 52.6 Å². The number of likely N-dealkylation sites (N-methyl/N-ethyl adjacent to an activating group) is 1. The third kappa shape index (κ3) is 9.13. The van der Waals surface area contributed by atoms with Crippen LogP contribution in [0.25, 0.3) is 0 Å². The molecule has 2 N–H and O–H groups in total. The van der Waals surface area contributed by atoms with Crippen LogP contribution < -0.4 is 5.32 Å². The van der Waals surface area contributed by atoms with Gasteiger partial charge in [0.05, 0.1) is 6.10 Å². The second kappa shape index (κ2) is 11.4. The van der Waals surface area contributed by atoms with Crippen molar-refractivity contribution in [1.29, 1.82) is 0 Å². The minimum absolute atomic E-state index is 0.228. The maximum atomic E-state index is 9.85. The molecule has 0 saturated carbocycles. The number of hydrogen-bond donors (Lipinski definition) is 2. The third-order valence-electron chi connectivity index (χ3n) is 2.75. The lowest BCUT2D eigenvalue weighted by Crippen LogP contribution is -2.39. The lowest BCUT2D eigenvalue weighted by Gasteiger charge is -2.24. The van der Waals surface area contributed by atoms with Crippen LogP contribution in [0, 0.1) is 0 Å². The van der Waals surface area contributed by atoms with Gasteiger partial charge in [-0.05, 0) is 32.5 Å². The average Bonchev–Trinajstić information content (AvgIpc) is 2.30. The van der Waals surface area contributed by atoms with Crippen LogP contribution in [0.15, 0.2) is 0 Å². The summed E-state index contributed by atoms with van der Waals surface area (Å²) >= 11 is 0. The summed E-state index contributed by atoms with van der Waals surface area (Å²) in [4.78, 5) is 2.40. The van der Waals surface area contributed by atoms with Gasteiger partial charge in [-0.2, -0.15) is 0 Å². The quantitative estimate of drug-likeness (QED) is 0.569. The number of unbranched alkanes of at least 4 members (excludes halogenated alkanes) is 2. The van der Waals surface area contributed by atoms with Crippen LogP contribution in [-0.2, 0) is 0 Å². The van der Waals surface area contributed by atoms with Gasteiger partial charge in [0.1, 0.15) is 0 Å². The fraction of sp³-hybridized carbons (Fsp3) is 1.00. The van der Waals surface area contributed by atoms with E-state index in [1.54, 1.807) is 0 Å². The lowest BCUT2D eigenvalue weighted by atomic mass is 10.2. The molecule has 0 aliphatic heterocycles. The SMILES string of the molecule is CCCCN(CCCC)CC(O)CNCC. The Hall–Kier alpha value is -0.120. The first-order valence-corrected chi connectivity index (χ1v) is 6.85. The van der Waals surface area contributed by atoms with E-state index in [-0.39, 0.29) is 6.10 Å². The van der Waals surface area contributed by atoms with Gasteiger partial charge in [-0.25, -0.2) is 0 Å². The van der Waals surface area contributed by atoms with Gasteiger partial charge >= 0.3 is 0 Å². The molecular weight excluding hydrogens is 200 g/mol. The first kappa shape index (κ1) is 15.9. The highest BCUT2D eigenvalue weighted by Crippen LogP contribution is 2.00. The highest BCUT2D eigenvalue weighted by molar-refractivity contribution is 4.66. The van der Waals surface area contributed by atoms with Crippen LogP contribution in [0.4, 0.5) is 0 Å². The summed E-state index contributed by atoms with van der Waals surface area (Å²) in [7, 11) is 0. The summed E-state index contributed by atoms with van der Waals surface area (Å²) in [5.41, 5.74) is 0. The van der Waals surface area contributed by atoms with E-state index >= 15 is 0 Å². The zero-order valence-electron chi connectivity index (χ0n) is 11.3. The molecule has 0 heterocycles. The number of rotatable bonds is 11. The Bertz CT molecular complexity index is 134. The minimum atomic E-state index is -0.228. The summed E-state index contributed by atoms with van der Waals surface area (Å²) < 4.78 is 0. The van der Waals surface area contributed by atoms with Gasteiger partial charge in [-0.3, -0.25) is 0 Å². The van der Waals surface area contributed by atoms with Crippen LogP contribution in [0.2, 0.25) is 0 Å². The molecule has 3 heteroatoms. The van der Waals surface area contributed by atoms with E-state index in [0.29, 0.717) is 6.54 Å². The van der Waals surface area contributed by atoms with Gasteiger partial charge < -0.3 is 15.3 Å². The number of hydrogen-bond acceptors (Lipinski definition) is 3. The molecule has 0 rings (SSSR count). The molecule has 0 spiro atoms. The van der Waals surface area contributed by atoms with Crippen molar-refractivity contribution in [3.05, 3.63) is 0 Å². The Morgan fingerprint density at radius 2 is 1.62 bits per heavy atom. The highest BCUT2D eigenvalue weighted by atomic mass is 16.3. The summed E-state index contributed by atoms with van der Waals surface area (Å²) in [6, 6.07) is 0. The van der Waals surface area contributed by atoms with E-state index in [1.807, 2.05) is 0 Å². The lowest BCUT2D eigenvalue weighted by molar-refractivity contribution is 0.110. The van der Waals surface area contributed by atoms with Gasteiger partial charge in [0.2, 0.25) is 0 Å². The fourth-order valence-corrected chi connectivity index (χ4v) is 1.73. The maximum absolute atomic E-state index is 9.85. The maximum Gasteiger partial charge on any atom is 0.0791 e. The molecule has 0 fully saturated rings. The van der Waals surface area contributed by atoms with Crippen molar-refractivity contribution in [3.8, 4) is 0 Å². The van der Waals surface area contributed by atoms with Crippen molar-refractivity contribution in [2.75, 3.05) is 32.7 Å². The molecule has 0 bridgehead atoms. The van der Waals surface area contributed by atoms with Crippen molar-refractivity contribution in [1.82, 2.24) is 10.2 Å². The minimum Gasteiger partial charge on any atom is -0.390 e. The number of aliphatic hydroxyl groups is 1. The van der Waals surface area contributed by atoms with E-state index in [1.165, 1.54) is 25.7 Å². The largest absolute Gasteiger partial charge is 0.390 e. The highest BCUT2D eigenvalue weighted by Gasteiger charge is 2.10.